The minimum atomic E-state index is -0.294. The molecule has 8 heteroatoms. The molecule has 0 radical (unpaired) electrons. The van der Waals surface area contributed by atoms with Crippen molar-refractivity contribution in [3.8, 4) is 22.1 Å². The first-order chi connectivity index (χ1) is 15.3. The van der Waals surface area contributed by atoms with Gasteiger partial charge in [-0.15, -0.1) is 11.3 Å². The highest BCUT2D eigenvalue weighted by Crippen LogP contribution is 2.35. The maximum absolute atomic E-state index is 13.5. The summed E-state index contributed by atoms with van der Waals surface area (Å²) < 4.78 is 24.0. The highest BCUT2D eigenvalue weighted by molar-refractivity contribution is 7.17. The van der Waals surface area contributed by atoms with E-state index >= 15 is 0 Å². The summed E-state index contributed by atoms with van der Waals surface area (Å²) >= 11 is 1.36. The van der Waals surface area contributed by atoms with Gasteiger partial charge < -0.3 is 19.3 Å². The molecule has 2 aromatic carbocycles. The highest BCUT2D eigenvalue weighted by atomic mass is 32.1. The summed E-state index contributed by atoms with van der Waals surface area (Å²) in [7, 11) is 7.11. The van der Waals surface area contributed by atoms with Gasteiger partial charge in [0.15, 0.2) is 11.5 Å². The lowest BCUT2D eigenvalue weighted by molar-refractivity contribution is 0.0736. The molecule has 32 heavy (non-hydrogen) atoms. The number of amides is 1. The Morgan fingerprint density at radius 3 is 2.34 bits per heavy atom. The molecule has 170 valence electrons. The van der Waals surface area contributed by atoms with Crippen LogP contribution in [0.25, 0.3) is 10.6 Å². The van der Waals surface area contributed by atoms with Crippen molar-refractivity contribution in [1.82, 2.24) is 14.8 Å². The first kappa shape index (κ1) is 23.7. The van der Waals surface area contributed by atoms with E-state index in [1.54, 1.807) is 31.3 Å². The first-order valence-electron chi connectivity index (χ1n) is 10.2. The Hall–Kier alpha value is -2.97. The van der Waals surface area contributed by atoms with Crippen molar-refractivity contribution in [3.05, 3.63) is 64.4 Å². The van der Waals surface area contributed by atoms with E-state index in [4.69, 9.17) is 9.47 Å². The summed E-state index contributed by atoms with van der Waals surface area (Å²) in [5, 5.41) is 0.737. The Labute approximate surface area is 192 Å². The number of likely N-dealkylation sites (N-methyl/N-ethyl adjacent to an activating group) is 1. The minimum Gasteiger partial charge on any atom is -0.493 e. The standard InChI is InChI=1S/C24H28FN3O3S/c1-16-22(32-23(26-16)18-8-11-20(30-4)21(14-18)31-5)24(29)28(13-12-27(2)3)15-17-6-9-19(25)10-7-17/h6-11,14H,12-13,15H2,1-5H3. The number of aromatic nitrogens is 1. The Morgan fingerprint density at radius 2 is 1.72 bits per heavy atom. The van der Waals surface area contributed by atoms with Crippen molar-refractivity contribution >= 4 is 17.2 Å². The molecular formula is C24H28FN3O3S. The monoisotopic (exact) mass is 457 g/mol. The number of hydrogen-bond donors (Lipinski definition) is 0. The van der Waals surface area contributed by atoms with Crippen LogP contribution in [0.5, 0.6) is 11.5 Å². The van der Waals surface area contributed by atoms with Gasteiger partial charge in [-0.25, -0.2) is 9.37 Å². The number of carbonyl (C=O) groups excluding carboxylic acids is 1. The predicted molar refractivity (Wildman–Crippen MR) is 125 cm³/mol. The number of ether oxygens (including phenoxy) is 2. The number of benzene rings is 2. The van der Waals surface area contributed by atoms with Crippen LogP contribution in [0.3, 0.4) is 0 Å². The summed E-state index contributed by atoms with van der Waals surface area (Å²) in [5.74, 6) is 0.861. The molecule has 0 aliphatic rings. The summed E-state index contributed by atoms with van der Waals surface area (Å²) in [6, 6.07) is 11.8. The number of methoxy groups -OCH3 is 2. The van der Waals surface area contributed by atoms with E-state index in [9.17, 15) is 9.18 Å². The molecule has 3 aromatic rings. The Kier molecular flexibility index (Phi) is 7.82. The lowest BCUT2D eigenvalue weighted by atomic mass is 10.2. The topological polar surface area (TPSA) is 54.9 Å². The van der Waals surface area contributed by atoms with Crippen LogP contribution in [-0.2, 0) is 6.54 Å². The molecule has 0 spiro atoms. The van der Waals surface area contributed by atoms with E-state index in [2.05, 4.69) is 4.98 Å². The second-order valence-electron chi connectivity index (χ2n) is 7.66. The zero-order valence-corrected chi connectivity index (χ0v) is 19.8. The molecular weight excluding hydrogens is 429 g/mol. The molecule has 1 amide bonds. The molecule has 0 saturated carbocycles. The average Bonchev–Trinajstić information content (AvgIpc) is 3.18. The fraction of sp³-hybridized carbons (Fsp3) is 0.333. The zero-order chi connectivity index (χ0) is 23.3. The Bertz CT molecular complexity index is 1070. The van der Waals surface area contributed by atoms with E-state index in [0.717, 1.165) is 16.1 Å². The van der Waals surface area contributed by atoms with E-state index in [1.807, 2.05) is 44.1 Å². The van der Waals surface area contributed by atoms with Crippen molar-refractivity contribution < 1.29 is 18.7 Å². The molecule has 0 aliphatic carbocycles. The fourth-order valence-corrected chi connectivity index (χ4v) is 4.25. The quantitative estimate of drug-likeness (QED) is 0.474. The number of thiazole rings is 1. The third kappa shape index (κ3) is 5.63. The Balaban J connectivity index is 1.89. The lowest BCUT2D eigenvalue weighted by Crippen LogP contribution is -2.36. The van der Waals surface area contributed by atoms with Gasteiger partial charge in [0.05, 0.1) is 19.9 Å². The van der Waals surface area contributed by atoms with Gasteiger partial charge >= 0.3 is 0 Å². The second kappa shape index (κ2) is 10.6. The maximum Gasteiger partial charge on any atom is 0.266 e. The molecule has 0 fully saturated rings. The maximum atomic E-state index is 13.5. The molecule has 0 N–H and O–H groups in total. The van der Waals surface area contributed by atoms with E-state index in [-0.39, 0.29) is 11.7 Å². The van der Waals surface area contributed by atoms with Crippen molar-refractivity contribution in [2.75, 3.05) is 41.4 Å². The van der Waals surface area contributed by atoms with Crippen LogP contribution >= 0.6 is 11.3 Å². The van der Waals surface area contributed by atoms with Crippen molar-refractivity contribution in [1.29, 1.82) is 0 Å². The number of aryl methyl sites for hydroxylation is 1. The van der Waals surface area contributed by atoms with Crippen LogP contribution in [0, 0.1) is 12.7 Å². The number of carbonyl (C=O) groups is 1. The highest BCUT2D eigenvalue weighted by Gasteiger charge is 2.23. The van der Waals surface area contributed by atoms with Crippen molar-refractivity contribution in [3.63, 3.8) is 0 Å². The minimum absolute atomic E-state index is 0.0853. The molecule has 0 unspecified atom stereocenters. The van der Waals surface area contributed by atoms with Crippen LogP contribution in [0.2, 0.25) is 0 Å². The third-order valence-corrected chi connectivity index (χ3v) is 6.21. The number of hydrogen-bond acceptors (Lipinski definition) is 6. The van der Waals surface area contributed by atoms with Gasteiger partial charge in [-0.3, -0.25) is 4.79 Å². The van der Waals surface area contributed by atoms with Gasteiger partial charge in [-0.05, 0) is 56.9 Å². The second-order valence-corrected chi connectivity index (χ2v) is 8.66. The first-order valence-corrected chi connectivity index (χ1v) is 11.0. The largest absolute Gasteiger partial charge is 0.493 e. The number of halogens is 1. The molecule has 0 bridgehead atoms. The van der Waals surface area contributed by atoms with E-state index < -0.39 is 0 Å². The zero-order valence-electron chi connectivity index (χ0n) is 19.0. The summed E-state index contributed by atoms with van der Waals surface area (Å²) in [6.45, 7) is 3.51. The SMILES string of the molecule is COc1ccc(-c2nc(C)c(C(=O)N(CCN(C)C)Cc3ccc(F)cc3)s2)cc1OC. The summed E-state index contributed by atoms with van der Waals surface area (Å²) in [5.41, 5.74) is 2.41. The predicted octanol–water partition coefficient (Wildman–Crippen LogP) is 4.48. The third-order valence-electron chi connectivity index (χ3n) is 5.01. The lowest BCUT2D eigenvalue weighted by Gasteiger charge is -2.24. The van der Waals surface area contributed by atoms with E-state index in [0.29, 0.717) is 41.7 Å². The number of rotatable bonds is 9. The van der Waals surface area contributed by atoms with Crippen molar-refractivity contribution in [2.24, 2.45) is 0 Å². The molecule has 0 saturated heterocycles. The van der Waals surface area contributed by atoms with Crippen LogP contribution in [0.4, 0.5) is 4.39 Å². The molecule has 6 nitrogen and oxygen atoms in total. The average molecular weight is 458 g/mol. The van der Waals surface area contributed by atoms with Gasteiger partial charge in [0.2, 0.25) is 0 Å². The molecule has 3 rings (SSSR count). The van der Waals surface area contributed by atoms with Gasteiger partial charge in [0.25, 0.3) is 5.91 Å². The summed E-state index contributed by atoms with van der Waals surface area (Å²) in [4.78, 5) is 22.5. The van der Waals surface area contributed by atoms with Gasteiger partial charge in [0.1, 0.15) is 15.7 Å². The smallest absolute Gasteiger partial charge is 0.266 e. The van der Waals surface area contributed by atoms with E-state index in [1.165, 1.54) is 23.5 Å². The van der Waals surface area contributed by atoms with Crippen LogP contribution in [0.1, 0.15) is 20.9 Å². The Morgan fingerprint density at radius 1 is 1.03 bits per heavy atom. The van der Waals surface area contributed by atoms with Crippen LogP contribution in [0.15, 0.2) is 42.5 Å². The number of nitrogens with zero attached hydrogens (tertiary/aromatic N) is 3. The van der Waals surface area contributed by atoms with Gasteiger partial charge in [-0.1, -0.05) is 12.1 Å². The molecule has 1 heterocycles. The van der Waals surface area contributed by atoms with Gasteiger partial charge in [0, 0.05) is 25.2 Å². The van der Waals surface area contributed by atoms with Crippen LogP contribution in [-0.4, -0.2) is 62.1 Å². The molecule has 1 aromatic heterocycles. The molecule has 0 atom stereocenters. The molecule has 0 aliphatic heterocycles. The van der Waals surface area contributed by atoms with Crippen LogP contribution < -0.4 is 9.47 Å². The fourth-order valence-electron chi connectivity index (χ4n) is 3.21. The van der Waals surface area contributed by atoms with Gasteiger partial charge in [-0.2, -0.15) is 0 Å². The van der Waals surface area contributed by atoms with Crippen molar-refractivity contribution in [2.45, 2.75) is 13.5 Å². The normalized spacial score (nSPS) is 11.0. The summed E-state index contributed by atoms with van der Waals surface area (Å²) in [6.07, 6.45) is 0.